The van der Waals surface area contributed by atoms with Crippen LogP contribution in [0.25, 0.3) is 0 Å². The second kappa shape index (κ2) is 2.78. The van der Waals surface area contributed by atoms with E-state index in [0.29, 0.717) is 0 Å². The zero-order valence-corrected chi connectivity index (χ0v) is 7.06. The smallest absolute Gasteiger partial charge is 0.0982 e. The van der Waals surface area contributed by atoms with E-state index < -0.39 is 3.95 Å². The van der Waals surface area contributed by atoms with Gasteiger partial charge in [0.05, 0.1) is 0 Å². The van der Waals surface area contributed by atoms with Crippen LogP contribution in [0.5, 0.6) is 0 Å². The highest BCUT2D eigenvalue weighted by molar-refractivity contribution is 8.85. The lowest BCUT2D eigenvalue weighted by Gasteiger charge is -1.93. The fourth-order valence-electron chi connectivity index (χ4n) is 0. The molecule has 0 unspecified atom stereocenters. The largest absolute Gasteiger partial charge is 0.170 e. The van der Waals surface area contributed by atoms with E-state index in [2.05, 4.69) is 11.8 Å². The maximum atomic E-state index is 5.37. The lowest BCUT2D eigenvalue weighted by atomic mass is 12.0. The fourth-order valence-corrected chi connectivity index (χ4v) is 0. The first-order chi connectivity index (χ1) is 2.56. The summed E-state index contributed by atoms with van der Waals surface area (Å²) in [5, 5.41) is 0. The van der Waals surface area contributed by atoms with Crippen LogP contribution in [0.4, 0.5) is 0 Å². The second-order valence-electron chi connectivity index (χ2n) is 0.597. The molecule has 38 valence electrons. The minimum atomic E-state index is -1.95. The summed E-state index contributed by atoms with van der Waals surface area (Å²) in [5.74, 6) is 0. The van der Waals surface area contributed by atoms with Crippen LogP contribution >= 0.6 is 37.8 Å². The normalized spacial score (nSPS) is 11.8. The Balaban J connectivity index is 3.48. The quantitative estimate of drug-likeness (QED) is 0.570. The van der Waals surface area contributed by atoms with Crippen LogP contribution in [-0.2, 0) is 11.8 Å². The molecule has 0 aliphatic rings. The van der Waals surface area contributed by atoms with Crippen LogP contribution in [0.2, 0.25) is 0 Å². The Kier molecular flexibility index (Phi) is 3.52. The van der Waals surface area contributed by atoms with Crippen LogP contribution in [-0.4, -0.2) is 6.26 Å². The summed E-state index contributed by atoms with van der Waals surface area (Å²) in [6.07, 6.45) is 1.81. The Morgan fingerprint density at radius 1 is 1.67 bits per heavy atom. The molecule has 0 amide bonds. The standard InChI is InChI=1S/CH3Cl2PS2/c1-6-4(2,3)5/h1H3. The van der Waals surface area contributed by atoms with E-state index in [1.807, 2.05) is 0 Å². The van der Waals surface area contributed by atoms with Crippen molar-refractivity contribution < 1.29 is 0 Å². The first kappa shape index (κ1) is 7.58. The Morgan fingerprint density at radius 2 is 1.83 bits per heavy atom. The van der Waals surface area contributed by atoms with Gasteiger partial charge in [0.25, 0.3) is 0 Å². The maximum Gasteiger partial charge on any atom is 0.170 e. The molecule has 0 aromatic carbocycles. The fraction of sp³-hybridized carbons (Fsp3) is 1.00. The molecule has 0 aliphatic heterocycles. The Bertz CT molecular complexity index is 75.6. The molecular formula is CH3Cl2PS2. The van der Waals surface area contributed by atoms with Gasteiger partial charge < -0.3 is 0 Å². The van der Waals surface area contributed by atoms with Crippen LogP contribution in [0.15, 0.2) is 0 Å². The van der Waals surface area contributed by atoms with Gasteiger partial charge in [0.1, 0.15) is 0 Å². The van der Waals surface area contributed by atoms with Gasteiger partial charge in [-0.3, -0.25) is 0 Å². The van der Waals surface area contributed by atoms with Gasteiger partial charge in [0.15, 0.2) is 3.95 Å². The highest BCUT2D eigenvalue weighted by atomic mass is 35.9. The average molecular weight is 181 g/mol. The van der Waals surface area contributed by atoms with Crippen LogP contribution in [0.1, 0.15) is 0 Å². The number of rotatable bonds is 1. The van der Waals surface area contributed by atoms with Gasteiger partial charge in [-0.05, 0) is 6.26 Å². The van der Waals surface area contributed by atoms with Crippen molar-refractivity contribution in [1.82, 2.24) is 0 Å². The topological polar surface area (TPSA) is 0 Å². The summed E-state index contributed by atoms with van der Waals surface area (Å²) in [7, 11) is 0. The van der Waals surface area contributed by atoms with Crippen LogP contribution < -0.4 is 0 Å². The lowest BCUT2D eigenvalue weighted by molar-refractivity contribution is 2.54. The summed E-state index contributed by atoms with van der Waals surface area (Å²) in [6, 6.07) is 0. The zero-order chi connectivity index (χ0) is 5.21. The van der Waals surface area contributed by atoms with Crippen molar-refractivity contribution in [3.8, 4) is 0 Å². The average Bonchev–Trinajstić information content (AvgIpc) is 1.35. The minimum Gasteiger partial charge on any atom is -0.0982 e. The summed E-state index contributed by atoms with van der Waals surface area (Å²) in [6.45, 7) is 0. The van der Waals surface area contributed by atoms with Crippen LogP contribution in [0.3, 0.4) is 0 Å². The summed E-state index contributed by atoms with van der Waals surface area (Å²) in [5.41, 5.74) is 0. The summed E-state index contributed by atoms with van der Waals surface area (Å²) in [4.78, 5) is 0. The van der Waals surface area contributed by atoms with E-state index >= 15 is 0 Å². The molecule has 0 bridgehead atoms. The van der Waals surface area contributed by atoms with E-state index in [1.165, 1.54) is 11.4 Å². The molecular weight excluding hydrogens is 178 g/mol. The monoisotopic (exact) mass is 180 g/mol. The lowest BCUT2D eigenvalue weighted by Crippen LogP contribution is -1.36. The molecule has 0 heterocycles. The van der Waals surface area contributed by atoms with Crippen LogP contribution in [0, 0.1) is 0 Å². The molecule has 0 saturated carbocycles. The third-order valence-corrected chi connectivity index (χ3v) is 5.74. The van der Waals surface area contributed by atoms with Crippen molar-refractivity contribution in [2.75, 3.05) is 6.26 Å². The number of hydrogen-bond donors (Lipinski definition) is 0. The van der Waals surface area contributed by atoms with Gasteiger partial charge in [-0.1, -0.05) is 45.7 Å². The molecule has 6 heavy (non-hydrogen) atoms. The van der Waals surface area contributed by atoms with E-state index in [0.717, 1.165) is 0 Å². The van der Waals surface area contributed by atoms with Gasteiger partial charge in [-0.15, -0.1) is 0 Å². The van der Waals surface area contributed by atoms with Gasteiger partial charge in [-0.25, -0.2) is 0 Å². The Hall–Kier alpha value is 1.58. The van der Waals surface area contributed by atoms with E-state index in [1.54, 1.807) is 6.26 Å². The molecule has 0 aliphatic carbocycles. The van der Waals surface area contributed by atoms with Gasteiger partial charge in [0, 0.05) is 0 Å². The van der Waals surface area contributed by atoms with E-state index in [-0.39, 0.29) is 0 Å². The molecule has 0 N–H and O–H groups in total. The third-order valence-electron chi connectivity index (χ3n) is 0.213. The predicted molar refractivity (Wildman–Crippen MR) is 39.5 cm³/mol. The van der Waals surface area contributed by atoms with Crippen molar-refractivity contribution >= 4 is 49.6 Å². The van der Waals surface area contributed by atoms with E-state index in [4.69, 9.17) is 22.5 Å². The number of halogens is 2. The Morgan fingerprint density at radius 3 is 1.83 bits per heavy atom. The molecule has 0 rings (SSSR count). The van der Waals surface area contributed by atoms with Crippen molar-refractivity contribution in [1.29, 1.82) is 0 Å². The van der Waals surface area contributed by atoms with Gasteiger partial charge in [-0.2, -0.15) is 0 Å². The SMILES string of the molecule is CSP(=S)(Cl)Cl. The highest BCUT2D eigenvalue weighted by Gasteiger charge is 2.01. The second-order valence-corrected chi connectivity index (χ2v) is 12.8. The molecule has 0 aromatic rings. The first-order valence-corrected chi connectivity index (χ1v) is 7.55. The molecule has 0 aromatic heterocycles. The zero-order valence-electron chi connectivity index (χ0n) is 3.02. The molecule has 0 radical (unpaired) electrons. The van der Waals surface area contributed by atoms with Crippen molar-refractivity contribution in [2.45, 2.75) is 0 Å². The van der Waals surface area contributed by atoms with Gasteiger partial charge >= 0.3 is 0 Å². The predicted octanol–water partition coefficient (Wildman–Crippen LogP) is 3.05. The van der Waals surface area contributed by atoms with Crippen molar-refractivity contribution in [2.24, 2.45) is 0 Å². The molecule has 0 saturated heterocycles. The molecule has 0 atom stereocenters. The molecule has 5 heteroatoms. The third kappa shape index (κ3) is 5.58. The molecule has 0 spiro atoms. The highest BCUT2D eigenvalue weighted by Crippen LogP contribution is 2.66. The minimum absolute atomic E-state index is 1.34. The van der Waals surface area contributed by atoms with Gasteiger partial charge in [0.2, 0.25) is 0 Å². The summed E-state index contributed by atoms with van der Waals surface area (Å²) < 4.78 is -1.95. The molecule has 0 nitrogen and oxygen atoms in total. The van der Waals surface area contributed by atoms with E-state index in [9.17, 15) is 0 Å². The first-order valence-electron chi connectivity index (χ1n) is 1.11. The maximum absolute atomic E-state index is 5.37. The molecule has 0 fully saturated rings. The van der Waals surface area contributed by atoms with Crippen molar-refractivity contribution in [3.05, 3.63) is 0 Å². The number of hydrogen-bond acceptors (Lipinski definition) is 2. The summed E-state index contributed by atoms with van der Waals surface area (Å²) >= 11 is 16.7. The Labute approximate surface area is 55.9 Å². The van der Waals surface area contributed by atoms with Crippen molar-refractivity contribution in [3.63, 3.8) is 0 Å².